The Morgan fingerprint density at radius 1 is 1.24 bits per heavy atom. The van der Waals surface area contributed by atoms with E-state index in [0.717, 1.165) is 11.1 Å². The Hall–Kier alpha value is -4.21. The third kappa shape index (κ3) is 6.32. The van der Waals surface area contributed by atoms with Crippen LogP contribution in [0.15, 0.2) is 41.6 Å². The van der Waals surface area contributed by atoms with E-state index in [2.05, 4.69) is 30.5 Å². The molecule has 16 heteroatoms. The van der Waals surface area contributed by atoms with Gasteiger partial charge < -0.3 is 34.1 Å². The van der Waals surface area contributed by atoms with E-state index in [1.54, 1.807) is 13.1 Å². The zero-order valence-electron chi connectivity index (χ0n) is 22.7. The summed E-state index contributed by atoms with van der Waals surface area (Å²) in [5, 5.41) is 5.50. The van der Waals surface area contributed by atoms with Crippen LogP contribution < -0.4 is 20.9 Å². The number of halogens is 4. The standard InChI is InChI=1S/C26H26ClF3N8O4/c1-36-6-7-41-16(13-36)10-20(39)34-19-9-15(4-5-31-19)42-18-11-32-23-22(21(18)27)38(3)25(35-23)33-17-8-14(26(28,29)30)12-37(2)24(17)40/h4-5,8-9,11-12,16H,6-7,10,13H2,1-3H3,(H,31,34,39)(H,32,33,35)/t16-/m1/s1. The quantitative estimate of drug-likeness (QED) is 0.322. The molecule has 0 aliphatic carbocycles. The van der Waals surface area contributed by atoms with Gasteiger partial charge in [0.05, 0.1) is 30.9 Å². The van der Waals surface area contributed by atoms with Gasteiger partial charge in [0.15, 0.2) is 11.4 Å². The number of aryl methyl sites for hydroxylation is 2. The fourth-order valence-electron chi connectivity index (χ4n) is 4.43. The summed E-state index contributed by atoms with van der Waals surface area (Å²) in [7, 11) is 4.75. The number of rotatable bonds is 7. The first-order chi connectivity index (χ1) is 19.9. The van der Waals surface area contributed by atoms with E-state index < -0.39 is 17.3 Å². The number of pyridine rings is 3. The summed E-state index contributed by atoms with van der Waals surface area (Å²) in [6, 6.07) is 3.80. The van der Waals surface area contributed by atoms with Crippen LogP contribution in [0.5, 0.6) is 11.5 Å². The van der Waals surface area contributed by atoms with Gasteiger partial charge >= 0.3 is 6.18 Å². The van der Waals surface area contributed by atoms with Gasteiger partial charge in [-0.2, -0.15) is 18.2 Å². The van der Waals surface area contributed by atoms with Gasteiger partial charge in [-0.25, -0.2) is 9.97 Å². The maximum atomic E-state index is 13.3. The molecule has 0 radical (unpaired) electrons. The van der Waals surface area contributed by atoms with Gasteiger partial charge in [-0.15, -0.1) is 0 Å². The van der Waals surface area contributed by atoms with Gasteiger partial charge in [-0.3, -0.25) is 9.59 Å². The van der Waals surface area contributed by atoms with Gasteiger partial charge in [0.2, 0.25) is 11.9 Å². The van der Waals surface area contributed by atoms with E-state index in [4.69, 9.17) is 21.1 Å². The fourth-order valence-corrected chi connectivity index (χ4v) is 4.73. The van der Waals surface area contributed by atoms with Gasteiger partial charge in [0, 0.05) is 45.6 Å². The molecule has 0 unspecified atom stereocenters. The lowest BCUT2D eigenvalue weighted by Gasteiger charge is -2.29. The van der Waals surface area contributed by atoms with Crippen molar-refractivity contribution in [2.24, 2.45) is 14.1 Å². The zero-order valence-corrected chi connectivity index (χ0v) is 23.5. The van der Waals surface area contributed by atoms with Crippen LogP contribution in [0.3, 0.4) is 0 Å². The molecule has 0 spiro atoms. The van der Waals surface area contributed by atoms with Crippen molar-refractivity contribution in [1.29, 1.82) is 0 Å². The van der Waals surface area contributed by atoms with Crippen molar-refractivity contribution >= 4 is 46.1 Å². The highest BCUT2D eigenvalue weighted by molar-refractivity contribution is 6.36. The maximum absolute atomic E-state index is 13.3. The van der Waals surface area contributed by atoms with Crippen molar-refractivity contribution in [2.75, 3.05) is 37.4 Å². The number of imidazole rings is 1. The van der Waals surface area contributed by atoms with Crippen LogP contribution in [0.4, 0.5) is 30.6 Å². The average molecular weight is 607 g/mol. The van der Waals surface area contributed by atoms with Crippen LogP contribution in [-0.2, 0) is 29.8 Å². The largest absolute Gasteiger partial charge is 0.454 e. The molecule has 5 heterocycles. The normalized spacial score (nSPS) is 16.0. The number of ether oxygens (including phenoxy) is 2. The minimum absolute atomic E-state index is 0.0371. The fraction of sp³-hybridized carbons (Fsp3) is 0.346. The number of fused-ring (bicyclic) bond motifs is 1. The molecule has 12 nitrogen and oxygen atoms in total. The molecule has 4 aromatic rings. The molecule has 0 saturated carbocycles. The summed E-state index contributed by atoms with van der Waals surface area (Å²) in [6.07, 6.45) is -1.19. The van der Waals surface area contributed by atoms with Crippen LogP contribution in [0.2, 0.25) is 5.02 Å². The smallest absolute Gasteiger partial charge is 0.417 e. The molecule has 5 rings (SSSR count). The van der Waals surface area contributed by atoms with E-state index >= 15 is 0 Å². The molecule has 1 aliphatic rings. The van der Waals surface area contributed by atoms with Crippen LogP contribution in [0, 0.1) is 0 Å². The molecule has 2 N–H and O–H groups in total. The Morgan fingerprint density at radius 2 is 2.02 bits per heavy atom. The molecule has 1 saturated heterocycles. The minimum Gasteiger partial charge on any atom is -0.454 e. The Kier molecular flexibility index (Phi) is 8.08. The second kappa shape index (κ2) is 11.6. The third-order valence-electron chi connectivity index (χ3n) is 6.54. The third-order valence-corrected chi connectivity index (χ3v) is 6.91. The number of aromatic nitrogens is 5. The van der Waals surface area contributed by atoms with Crippen molar-refractivity contribution in [3.63, 3.8) is 0 Å². The number of likely N-dealkylation sites (N-methyl/N-ethyl adjacent to an activating group) is 1. The molecule has 222 valence electrons. The van der Waals surface area contributed by atoms with Crippen molar-refractivity contribution in [1.82, 2.24) is 29.0 Å². The van der Waals surface area contributed by atoms with Gasteiger partial charge in [-0.05, 0) is 19.2 Å². The lowest BCUT2D eigenvalue weighted by Crippen LogP contribution is -2.41. The number of carbonyl (C=O) groups is 1. The summed E-state index contributed by atoms with van der Waals surface area (Å²) in [5.41, 5.74) is -1.54. The lowest BCUT2D eigenvalue weighted by molar-refractivity contribution is -0.138. The molecule has 1 aliphatic heterocycles. The summed E-state index contributed by atoms with van der Waals surface area (Å²) in [4.78, 5) is 39.8. The highest BCUT2D eigenvalue weighted by Gasteiger charge is 2.32. The van der Waals surface area contributed by atoms with E-state index in [-0.39, 0.29) is 52.3 Å². The Morgan fingerprint density at radius 3 is 2.76 bits per heavy atom. The van der Waals surface area contributed by atoms with E-state index in [1.807, 2.05) is 7.05 Å². The average Bonchev–Trinajstić information content (AvgIpc) is 3.23. The zero-order chi connectivity index (χ0) is 30.2. The second-order valence-electron chi connectivity index (χ2n) is 9.77. The molecule has 0 aromatic carbocycles. The Bertz CT molecular complexity index is 1710. The number of alkyl halides is 3. The minimum atomic E-state index is -4.65. The van der Waals surface area contributed by atoms with Crippen LogP contribution in [-0.4, -0.2) is 67.7 Å². The molecule has 4 aromatic heterocycles. The highest BCUT2D eigenvalue weighted by atomic mass is 35.5. The first-order valence-corrected chi connectivity index (χ1v) is 13.1. The number of nitrogens with one attached hydrogen (secondary N) is 2. The molecule has 42 heavy (non-hydrogen) atoms. The summed E-state index contributed by atoms with van der Waals surface area (Å²) in [5.74, 6) is 0.504. The number of nitrogens with zero attached hydrogens (tertiary/aromatic N) is 6. The number of anilines is 3. The molecular formula is C26H26ClF3N8O4. The number of hydrogen-bond acceptors (Lipinski definition) is 9. The molecule has 1 amide bonds. The maximum Gasteiger partial charge on any atom is 0.417 e. The van der Waals surface area contributed by atoms with Gasteiger partial charge in [-0.1, -0.05) is 11.6 Å². The topological polar surface area (TPSA) is 128 Å². The van der Waals surface area contributed by atoms with E-state index in [9.17, 15) is 22.8 Å². The first kappa shape index (κ1) is 29.3. The van der Waals surface area contributed by atoms with Gasteiger partial charge in [0.1, 0.15) is 27.8 Å². The predicted molar refractivity (Wildman–Crippen MR) is 148 cm³/mol. The Balaban J connectivity index is 1.35. The monoisotopic (exact) mass is 606 g/mol. The van der Waals surface area contributed by atoms with Crippen LogP contribution in [0.25, 0.3) is 11.2 Å². The molecule has 1 atom stereocenters. The van der Waals surface area contributed by atoms with Crippen LogP contribution >= 0.6 is 11.6 Å². The van der Waals surface area contributed by atoms with E-state index in [0.29, 0.717) is 36.7 Å². The van der Waals surface area contributed by atoms with Crippen LogP contribution in [0.1, 0.15) is 12.0 Å². The molecule has 0 bridgehead atoms. The number of carbonyl (C=O) groups excluding carboxylic acids is 1. The summed E-state index contributed by atoms with van der Waals surface area (Å²) >= 11 is 6.63. The highest BCUT2D eigenvalue weighted by Crippen LogP contribution is 2.36. The summed E-state index contributed by atoms with van der Waals surface area (Å²) in [6.45, 7) is 2.03. The number of amides is 1. The molecule has 1 fully saturated rings. The Labute approximate surface area is 242 Å². The van der Waals surface area contributed by atoms with E-state index in [1.165, 1.54) is 30.1 Å². The van der Waals surface area contributed by atoms with Gasteiger partial charge in [0.25, 0.3) is 5.56 Å². The van der Waals surface area contributed by atoms with Crippen molar-refractivity contribution < 1.29 is 27.4 Å². The summed E-state index contributed by atoms with van der Waals surface area (Å²) < 4.78 is 53.7. The van der Waals surface area contributed by atoms with Crippen molar-refractivity contribution in [3.8, 4) is 11.5 Å². The second-order valence-corrected chi connectivity index (χ2v) is 10.1. The molecular weight excluding hydrogens is 581 g/mol. The predicted octanol–water partition coefficient (Wildman–Crippen LogP) is 3.93. The first-order valence-electron chi connectivity index (χ1n) is 12.7. The number of morpholine rings is 1. The SMILES string of the molecule is CN1CCO[C@H](CC(=O)Nc2cc(Oc3cnc4nc(Nc5cc(C(F)(F)F)cn(C)c5=O)n(C)c4c3Cl)ccn2)C1. The number of hydrogen-bond donors (Lipinski definition) is 2. The van der Waals surface area contributed by atoms with Crippen molar-refractivity contribution in [3.05, 3.63) is 57.7 Å². The van der Waals surface area contributed by atoms with Crippen molar-refractivity contribution in [2.45, 2.75) is 18.7 Å². The lowest BCUT2D eigenvalue weighted by atomic mass is 10.2.